The summed E-state index contributed by atoms with van der Waals surface area (Å²) in [5.41, 5.74) is 2.24. The fourth-order valence-corrected chi connectivity index (χ4v) is 2.73. The van der Waals surface area contributed by atoms with E-state index in [1.807, 2.05) is 18.3 Å². The SMILES string of the molecule is Brc1cccc(-c2cnc(CN3CCNCC3)[nH]2)c1. The fourth-order valence-electron chi connectivity index (χ4n) is 2.33. The molecule has 0 unspecified atom stereocenters. The van der Waals surface area contributed by atoms with E-state index >= 15 is 0 Å². The van der Waals surface area contributed by atoms with E-state index in [-0.39, 0.29) is 0 Å². The second kappa shape index (κ2) is 5.86. The van der Waals surface area contributed by atoms with E-state index in [9.17, 15) is 0 Å². The van der Waals surface area contributed by atoms with Crippen LogP contribution in [0.4, 0.5) is 0 Å². The molecular formula is C14H17BrN4. The highest BCUT2D eigenvalue weighted by molar-refractivity contribution is 9.10. The average molecular weight is 321 g/mol. The minimum atomic E-state index is 0.898. The van der Waals surface area contributed by atoms with Crippen molar-refractivity contribution >= 4 is 15.9 Å². The number of benzene rings is 1. The Morgan fingerprint density at radius 2 is 2.11 bits per heavy atom. The van der Waals surface area contributed by atoms with Crippen LogP contribution in [0.3, 0.4) is 0 Å². The van der Waals surface area contributed by atoms with Crippen LogP contribution < -0.4 is 5.32 Å². The molecule has 3 rings (SSSR count). The Morgan fingerprint density at radius 3 is 2.89 bits per heavy atom. The normalized spacial score (nSPS) is 16.7. The van der Waals surface area contributed by atoms with Gasteiger partial charge in [0.05, 0.1) is 18.4 Å². The van der Waals surface area contributed by atoms with Crippen molar-refractivity contribution < 1.29 is 0 Å². The summed E-state index contributed by atoms with van der Waals surface area (Å²) in [7, 11) is 0. The third kappa shape index (κ3) is 3.23. The van der Waals surface area contributed by atoms with Crippen molar-refractivity contribution in [1.29, 1.82) is 0 Å². The predicted molar refractivity (Wildman–Crippen MR) is 79.9 cm³/mol. The Kier molecular flexibility index (Phi) is 3.96. The lowest BCUT2D eigenvalue weighted by molar-refractivity contribution is 0.228. The molecule has 2 heterocycles. The molecule has 1 aromatic carbocycles. The van der Waals surface area contributed by atoms with Crippen molar-refractivity contribution in [2.45, 2.75) is 6.54 Å². The van der Waals surface area contributed by atoms with Crippen LogP contribution in [-0.2, 0) is 6.54 Å². The topological polar surface area (TPSA) is 44.0 Å². The van der Waals surface area contributed by atoms with Crippen LogP contribution in [0.1, 0.15) is 5.82 Å². The maximum Gasteiger partial charge on any atom is 0.120 e. The molecule has 4 nitrogen and oxygen atoms in total. The van der Waals surface area contributed by atoms with E-state index < -0.39 is 0 Å². The van der Waals surface area contributed by atoms with E-state index in [2.05, 4.69) is 48.2 Å². The monoisotopic (exact) mass is 320 g/mol. The summed E-state index contributed by atoms with van der Waals surface area (Å²) < 4.78 is 1.09. The Bertz CT molecular complexity index is 546. The summed E-state index contributed by atoms with van der Waals surface area (Å²) in [5, 5.41) is 3.36. The molecule has 2 N–H and O–H groups in total. The smallest absolute Gasteiger partial charge is 0.120 e. The lowest BCUT2D eigenvalue weighted by Gasteiger charge is -2.26. The van der Waals surface area contributed by atoms with Crippen LogP contribution >= 0.6 is 15.9 Å². The zero-order valence-corrected chi connectivity index (χ0v) is 12.3. The summed E-state index contributed by atoms with van der Waals surface area (Å²) in [6.45, 7) is 5.22. The minimum absolute atomic E-state index is 0.898. The summed E-state index contributed by atoms with van der Waals surface area (Å²) in [4.78, 5) is 10.3. The van der Waals surface area contributed by atoms with Gasteiger partial charge in [-0.05, 0) is 12.1 Å². The zero-order chi connectivity index (χ0) is 13.1. The lowest BCUT2D eigenvalue weighted by atomic mass is 10.2. The molecular weight excluding hydrogens is 304 g/mol. The molecule has 0 aliphatic carbocycles. The molecule has 2 aromatic rings. The fraction of sp³-hybridized carbons (Fsp3) is 0.357. The molecule has 0 radical (unpaired) electrons. The van der Waals surface area contributed by atoms with Crippen molar-refractivity contribution in [3.05, 3.63) is 40.8 Å². The Morgan fingerprint density at radius 1 is 1.26 bits per heavy atom. The molecule has 5 heteroatoms. The van der Waals surface area contributed by atoms with Crippen LogP contribution in [-0.4, -0.2) is 41.0 Å². The Hall–Kier alpha value is -1.17. The highest BCUT2D eigenvalue weighted by Gasteiger charge is 2.12. The summed E-state index contributed by atoms with van der Waals surface area (Å²) >= 11 is 3.50. The minimum Gasteiger partial charge on any atom is -0.341 e. The molecule has 1 aliphatic rings. The number of halogens is 1. The molecule has 0 atom stereocenters. The Balaban J connectivity index is 1.72. The third-order valence-corrected chi connectivity index (χ3v) is 3.84. The van der Waals surface area contributed by atoms with Gasteiger partial charge in [0.25, 0.3) is 0 Å². The number of piperazine rings is 1. The first kappa shape index (κ1) is 12.8. The maximum atomic E-state index is 4.48. The van der Waals surface area contributed by atoms with Crippen LogP contribution in [0.25, 0.3) is 11.3 Å². The average Bonchev–Trinajstić information content (AvgIpc) is 2.88. The summed E-state index contributed by atoms with van der Waals surface area (Å²) in [6.07, 6.45) is 1.92. The number of aromatic amines is 1. The molecule has 1 aliphatic heterocycles. The van der Waals surface area contributed by atoms with Gasteiger partial charge in [-0.25, -0.2) is 4.98 Å². The van der Waals surface area contributed by atoms with Crippen LogP contribution in [0, 0.1) is 0 Å². The number of nitrogens with zero attached hydrogens (tertiary/aromatic N) is 2. The first-order chi connectivity index (χ1) is 9.31. The van der Waals surface area contributed by atoms with Gasteiger partial charge in [0.2, 0.25) is 0 Å². The van der Waals surface area contributed by atoms with E-state index in [0.29, 0.717) is 0 Å². The summed E-state index contributed by atoms with van der Waals surface area (Å²) in [6, 6.07) is 8.26. The molecule has 0 bridgehead atoms. The number of hydrogen-bond acceptors (Lipinski definition) is 3. The number of rotatable bonds is 3. The molecule has 0 amide bonds. The van der Waals surface area contributed by atoms with Gasteiger partial charge < -0.3 is 10.3 Å². The second-order valence-corrected chi connectivity index (χ2v) is 5.70. The lowest BCUT2D eigenvalue weighted by Crippen LogP contribution is -2.43. The van der Waals surface area contributed by atoms with Gasteiger partial charge >= 0.3 is 0 Å². The first-order valence-electron chi connectivity index (χ1n) is 6.54. The second-order valence-electron chi connectivity index (χ2n) is 4.78. The molecule has 1 aromatic heterocycles. The first-order valence-corrected chi connectivity index (χ1v) is 7.33. The van der Waals surface area contributed by atoms with Gasteiger partial charge in [0.15, 0.2) is 0 Å². The number of hydrogen-bond donors (Lipinski definition) is 2. The largest absolute Gasteiger partial charge is 0.341 e. The van der Waals surface area contributed by atoms with E-state index in [4.69, 9.17) is 0 Å². The van der Waals surface area contributed by atoms with Gasteiger partial charge in [-0.1, -0.05) is 28.1 Å². The molecule has 1 fully saturated rings. The molecule has 100 valence electrons. The Labute approximate surface area is 121 Å². The number of nitrogens with one attached hydrogen (secondary N) is 2. The van der Waals surface area contributed by atoms with E-state index in [0.717, 1.165) is 54.3 Å². The van der Waals surface area contributed by atoms with Gasteiger partial charge in [0.1, 0.15) is 5.82 Å². The number of imidazole rings is 1. The third-order valence-electron chi connectivity index (χ3n) is 3.35. The van der Waals surface area contributed by atoms with Crippen molar-refractivity contribution in [2.75, 3.05) is 26.2 Å². The molecule has 19 heavy (non-hydrogen) atoms. The van der Waals surface area contributed by atoms with Crippen molar-refractivity contribution in [2.24, 2.45) is 0 Å². The van der Waals surface area contributed by atoms with Crippen molar-refractivity contribution in [1.82, 2.24) is 20.2 Å². The predicted octanol–water partition coefficient (Wildman–Crippen LogP) is 2.24. The van der Waals surface area contributed by atoms with Gasteiger partial charge in [-0.3, -0.25) is 4.90 Å². The molecule has 0 saturated carbocycles. The maximum absolute atomic E-state index is 4.48. The van der Waals surface area contributed by atoms with Crippen LogP contribution in [0.5, 0.6) is 0 Å². The van der Waals surface area contributed by atoms with Gasteiger partial charge in [-0.15, -0.1) is 0 Å². The molecule has 0 spiro atoms. The van der Waals surface area contributed by atoms with Crippen LogP contribution in [0.2, 0.25) is 0 Å². The highest BCUT2D eigenvalue weighted by Crippen LogP contribution is 2.21. The van der Waals surface area contributed by atoms with Gasteiger partial charge in [0, 0.05) is 36.2 Å². The van der Waals surface area contributed by atoms with Gasteiger partial charge in [-0.2, -0.15) is 0 Å². The quantitative estimate of drug-likeness (QED) is 0.911. The van der Waals surface area contributed by atoms with E-state index in [1.165, 1.54) is 0 Å². The van der Waals surface area contributed by atoms with Crippen molar-refractivity contribution in [3.8, 4) is 11.3 Å². The number of H-pyrrole nitrogens is 1. The summed E-state index contributed by atoms with van der Waals surface area (Å²) in [5.74, 6) is 1.04. The zero-order valence-electron chi connectivity index (χ0n) is 10.7. The van der Waals surface area contributed by atoms with E-state index in [1.54, 1.807) is 0 Å². The number of aromatic nitrogens is 2. The standard InChI is InChI=1S/C14H17BrN4/c15-12-3-1-2-11(8-12)13-9-17-14(18-13)10-19-6-4-16-5-7-19/h1-3,8-9,16H,4-7,10H2,(H,17,18). The highest BCUT2D eigenvalue weighted by atomic mass is 79.9. The van der Waals surface area contributed by atoms with Crippen molar-refractivity contribution in [3.63, 3.8) is 0 Å². The van der Waals surface area contributed by atoms with Crippen LogP contribution in [0.15, 0.2) is 34.9 Å². The molecule has 1 saturated heterocycles.